The second kappa shape index (κ2) is 12.2. The van der Waals surface area contributed by atoms with Gasteiger partial charge in [-0.05, 0) is 56.4 Å². The summed E-state index contributed by atoms with van der Waals surface area (Å²) >= 11 is 1.89. The maximum atomic E-state index is 4.52. The minimum Gasteiger partial charge on any atom is -0.356 e. The Hall–Kier alpha value is -1.29. The Bertz CT molecular complexity index is 683. The van der Waals surface area contributed by atoms with Crippen LogP contribution in [-0.2, 0) is 6.54 Å². The molecule has 26 heavy (non-hydrogen) atoms. The summed E-state index contributed by atoms with van der Waals surface area (Å²) in [7, 11) is 1.79. The average molecular weight is 488 g/mol. The topological polar surface area (TPSA) is 67.1 Å². The molecule has 0 saturated carbocycles. The normalized spacial score (nSPS) is 11.2. The lowest BCUT2D eigenvalue weighted by Crippen LogP contribution is -2.37. The van der Waals surface area contributed by atoms with Gasteiger partial charge in [-0.3, -0.25) is 4.99 Å². The molecular formula is C18H29IN6S. The zero-order valence-corrected chi connectivity index (χ0v) is 19.1. The van der Waals surface area contributed by atoms with Crippen molar-refractivity contribution in [3.63, 3.8) is 0 Å². The second-order valence-corrected chi connectivity index (χ2v) is 6.90. The summed E-state index contributed by atoms with van der Waals surface area (Å²) in [5.41, 5.74) is 3.19. The van der Waals surface area contributed by atoms with Crippen molar-refractivity contribution < 1.29 is 0 Å². The highest BCUT2D eigenvalue weighted by atomic mass is 127. The molecule has 0 aliphatic carbocycles. The van der Waals surface area contributed by atoms with Crippen molar-refractivity contribution in [2.75, 3.05) is 25.6 Å². The first kappa shape index (κ1) is 22.8. The number of nitrogens with one attached hydrogen (secondary N) is 2. The molecule has 0 aliphatic heterocycles. The van der Waals surface area contributed by atoms with Crippen LogP contribution in [0.4, 0.5) is 0 Å². The molecule has 6 nitrogen and oxygen atoms in total. The van der Waals surface area contributed by atoms with Crippen LogP contribution in [0.5, 0.6) is 0 Å². The van der Waals surface area contributed by atoms with E-state index in [-0.39, 0.29) is 24.0 Å². The van der Waals surface area contributed by atoms with Gasteiger partial charge in [-0.2, -0.15) is 16.9 Å². The van der Waals surface area contributed by atoms with Gasteiger partial charge in [0.15, 0.2) is 11.8 Å². The van der Waals surface area contributed by atoms with Gasteiger partial charge in [0.25, 0.3) is 0 Å². The molecule has 0 spiro atoms. The molecule has 0 atom stereocenters. The first-order chi connectivity index (χ1) is 12.1. The molecule has 0 radical (unpaired) electrons. The van der Waals surface area contributed by atoms with Crippen LogP contribution in [0.3, 0.4) is 0 Å². The summed E-state index contributed by atoms with van der Waals surface area (Å²) in [6.45, 7) is 5.65. The van der Waals surface area contributed by atoms with Crippen LogP contribution in [0.2, 0.25) is 0 Å². The third-order valence-corrected chi connectivity index (χ3v) is 4.48. The molecule has 0 saturated heterocycles. The van der Waals surface area contributed by atoms with Crippen LogP contribution >= 0.6 is 35.7 Å². The fraction of sp³-hybridized carbons (Fsp3) is 0.500. The molecule has 0 fully saturated rings. The molecule has 2 heterocycles. The highest BCUT2D eigenvalue weighted by Gasteiger charge is 2.05. The number of aryl methyl sites for hydroxylation is 2. The first-order valence-corrected chi connectivity index (χ1v) is 9.95. The minimum atomic E-state index is 0. The number of thioether (sulfide) groups is 1. The fourth-order valence-electron chi connectivity index (χ4n) is 2.49. The lowest BCUT2D eigenvalue weighted by Gasteiger charge is -2.12. The predicted octanol–water partition coefficient (Wildman–Crippen LogP) is 3.31. The van der Waals surface area contributed by atoms with Crippen molar-refractivity contribution in [1.82, 2.24) is 25.4 Å². The Labute approximate surface area is 177 Å². The van der Waals surface area contributed by atoms with Crippen molar-refractivity contribution in [3.05, 3.63) is 41.3 Å². The van der Waals surface area contributed by atoms with E-state index < -0.39 is 0 Å². The van der Waals surface area contributed by atoms with E-state index in [9.17, 15) is 0 Å². The number of aliphatic imine (C=N–C) groups is 1. The van der Waals surface area contributed by atoms with Crippen molar-refractivity contribution >= 4 is 41.7 Å². The zero-order valence-electron chi connectivity index (χ0n) is 16.0. The van der Waals surface area contributed by atoms with E-state index in [4.69, 9.17) is 0 Å². The molecule has 0 aliphatic rings. The zero-order chi connectivity index (χ0) is 18.1. The van der Waals surface area contributed by atoms with E-state index in [1.807, 2.05) is 48.6 Å². The number of hydrogen-bond acceptors (Lipinski definition) is 4. The van der Waals surface area contributed by atoms with Crippen LogP contribution < -0.4 is 10.6 Å². The number of hydrogen-bond donors (Lipinski definition) is 2. The summed E-state index contributed by atoms with van der Waals surface area (Å²) in [5.74, 6) is 2.87. The minimum absolute atomic E-state index is 0. The van der Waals surface area contributed by atoms with E-state index in [1.54, 1.807) is 7.05 Å². The van der Waals surface area contributed by atoms with E-state index in [2.05, 4.69) is 38.0 Å². The Balaban J connectivity index is 0.00000338. The van der Waals surface area contributed by atoms with E-state index in [1.165, 1.54) is 12.2 Å². The number of unbranched alkanes of at least 4 members (excludes halogenated alkanes) is 1. The molecule has 0 aromatic carbocycles. The molecule has 2 rings (SSSR count). The van der Waals surface area contributed by atoms with Gasteiger partial charge < -0.3 is 10.6 Å². The lowest BCUT2D eigenvalue weighted by molar-refractivity contribution is 0.732. The smallest absolute Gasteiger partial charge is 0.191 e. The van der Waals surface area contributed by atoms with Gasteiger partial charge in [-0.15, -0.1) is 24.0 Å². The largest absolute Gasteiger partial charge is 0.356 e. The Morgan fingerprint density at radius 2 is 2.04 bits per heavy atom. The Kier molecular flexibility index (Phi) is 10.6. The van der Waals surface area contributed by atoms with Crippen molar-refractivity contribution in [3.8, 4) is 5.82 Å². The van der Waals surface area contributed by atoms with Crippen LogP contribution in [0.1, 0.15) is 29.8 Å². The van der Waals surface area contributed by atoms with Gasteiger partial charge in [0, 0.05) is 32.0 Å². The van der Waals surface area contributed by atoms with Gasteiger partial charge in [-0.25, -0.2) is 9.67 Å². The van der Waals surface area contributed by atoms with Crippen molar-refractivity contribution in [2.24, 2.45) is 4.99 Å². The quantitative estimate of drug-likeness (QED) is 0.258. The standard InChI is InChI=1S/C18H28N6S.HI/c1-14-11-15(2)24(23-14)17-8-7-16(12-21-17)13-22-18(19-3)20-9-5-6-10-25-4;/h7-8,11-12H,5-6,9-10,13H2,1-4H3,(H2,19,20,22);1H. The van der Waals surface area contributed by atoms with E-state index in [0.29, 0.717) is 6.54 Å². The van der Waals surface area contributed by atoms with Gasteiger partial charge in [0.1, 0.15) is 0 Å². The number of aromatic nitrogens is 3. The number of nitrogens with zero attached hydrogens (tertiary/aromatic N) is 4. The van der Waals surface area contributed by atoms with Gasteiger partial charge in [0.05, 0.1) is 5.69 Å². The number of pyridine rings is 1. The summed E-state index contributed by atoms with van der Waals surface area (Å²) in [5, 5.41) is 11.1. The summed E-state index contributed by atoms with van der Waals surface area (Å²) < 4.78 is 1.86. The monoisotopic (exact) mass is 488 g/mol. The maximum absolute atomic E-state index is 4.52. The van der Waals surface area contributed by atoms with Gasteiger partial charge in [0.2, 0.25) is 0 Å². The third-order valence-electron chi connectivity index (χ3n) is 3.79. The van der Waals surface area contributed by atoms with Gasteiger partial charge >= 0.3 is 0 Å². The highest BCUT2D eigenvalue weighted by molar-refractivity contribution is 14.0. The SMILES string of the molecule is CN=C(NCCCCSC)NCc1ccc(-n2nc(C)cc2C)nc1.I. The number of guanidine groups is 1. The number of rotatable bonds is 8. The predicted molar refractivity (Wildman–Crippen MR) is 122 cm³/mol. The van der Waals surface area contributed by atoms with Crippen LogP contribution in [0, 0.1) is 13.8 Å². The van der Waals surface area contributed by atoms with Gasteiger partial charge in [-0.1, -0.05) is 6.07 Å². The molecule has 144 valence electrons. The molecule has 2 aromatic heterocycles. The number of halogens is 1. The Morgan fingerprint density at radius 3 is 2.62 bits per heavy atom. The maximum Gasteiger partial charge on any atom is 0.191 e. The first-order valence-electron chi connectivity index (χ1n) is 8.56. The molecule has 0 bridgehead atoms. The second-order valence-electron chi connectivity index (χ2n) is 5.92. The lowest BCUT2D eigenvalue weighted by atomic mass is 10.3. The molecule has 0 unspecified atom stereocenters. The van der Waals surface area contributed by atoms with E-state index >= 15 is 0 Å². The molecular weight excluding hydrogens is 459 g/mol. The fourth-order valence-corrected chi connectivity index (χ4v) is 2.98. The summed E-state index contributed by atoms with van der Waals surface area (Å²) in [4.78, 5) is 8.78. The van der Waals surface area contributed by atoms with Crippen molar-refractivity contribution in [2.45, 2.75) is 33.2 Å². The molecule has 2 N–H and O–H groups in total. The van der Waals surface area contributed by atoms with Crippen LogP contribution in [0.25, 0.3) is 5.82 Å². The molecule has 8 heteroatoms. The summed E-state index contributed by atoms with van der Waals surface area (Å²) in [6.07, 6.45) is 6.40. The van der Waals surface area contributed by atoms with Crippen LogP contribution in [-0.4, -0.2) is 46.3 Å². The summed E-state index contributed by atoms with van der Waals surface area (Å²) in [6, 6.07) is 6.11. The van der Waals surface area contributed by atoms with Crippen LogP contribution in [0.15, 0.2) is 29.4 Å². The third kappa shape index (κ3) is 7.14. The Morgan fingerprint density at radius 1 is 1.23 bits per heavy atom. The van der Waals surface area contributed by atoms with E-state index in [0.717, 1.165) is 41.7 Å². The molecule has 2 aromatic rings. The average Bonchev–Trinajstić information content (AvgIpc) is 2.96. The van der Waals surface area contributed by atoms with Crippen molar-refractivity contribution in [1.29, 1.82) is 0 Å². The highest BCUT2D eigenvalue weighted by Crippen LogP contribution is 2.10. The molecule has 0 amide bonds.